The van der Waals surface area contributed by atoms with Crippen molar-refractivity contribution in [2.45, 2.75) is 57.5 Å². The van der Waals surface area contributed by atoms with Gasteiger partial charge in [-0.1, -0.05) is 19.3 Å². The van der Waals surface area contributed by atoms with Crippen molar-refractivity contribution in [3.05, 3.63) is 28.2 Å². The molecule has 0 bridgehead atoms. The average Bonchev–Trinajstić information content (AvgIpc) is 3.11. The van der Waals surface area contributed by atoms with Crippen LogP contribution in [0, 0.1) is 0 Å². The fourth-order valence-electron chi connectivity index (χ4n) is 3.41. The normalized spacial score (nSPS) is 18.6. The first kappa shape index (κ1) is 16.7. The van der Waals surface area contributed by atoms with Gasteiger partial charge in [-0.05, 0) is 31.7 Å². The van der Waals surface area contributed by atoms with Crippen molar-refractivity contribution in [3.63, 3.8) is 0 Å². The van der Waals surface area contributed by atoms with Gasteiger partial charge >= 0.3 is 0 Å². The third-order valence-corrected chi connectivity index (χ3v) is 4.74. The molecule has 130 valence electrons. The summed E-state index contributed by atoms with van der Waals surface area (Å²) in [5.74, 6) is -0.392. The second kappa shape index (κ2) is 7.59. The Bertz CT molecular complexity index is 658. The second-order valence-corrected chi connectivity index (χ2v) is 6.62. The number of rotatable bonds is 4. The summed E-state index contributed by atoms with van der Waals surface area (Å²) in [5, 5.41) is 7.07. The molecule has 0 unspecified atom stereocenters. The van der Waals surface area contributed by atoms with Crippen molar-refractivity contribution in [3.8, 4) is 0 Å². The van der Waals surface area contributed by atoms with E-state index in [1.54, 1.807) is 4.90 Å². The van der Waals surface area contributed by atoms with Gasteiger partial charge < -0.3 is 10.2 Å². The zero-order valence-electron chi connectivity index (χ0n) is 13.9. The number of carbonyl (C=O) groups excluding carboxylic acids is 2. The molecular formula is C17H24N4O3. The Kier molecular flexibility index (Phi) is 5.27. The van der Waals surface area contributed by atoms with E-state index in [9.17, 15) is 14.4 Å². The highest BCUT2D eigenvalue weighted by atomic mass is 16.2. The van der Waals surface area contributed by atoms with Crippen molar-refractivity contribution in [1.82, 2.24) is 20.0 Å². The quantitative estimate of drug-likeness (QED) is 0.889. The van der Waals surface area contributed by atoms with Crippen LogP contribution in [0.1, 0.15) is 55.4 Å². The van der Waals surface area contributed by atoms with Crippen molar-refractivity contribution < 1.29 is 9.59 Å². The standard InChI is InChI=1S/C17H24N4O3/c22-15(18-13-6-2-1-3-7-13)12-21-16(23)9-8-14(19-21)17(24)20-10-4-5-11-20/h8-9,13H,1-7,10-12H2,(H,18,22). The van der Waals surface area contributed by atoms with Crippen molar-refractivity contribution >= 4 is 11.8 Å². The third-order valence-electron chi connectivity index (χ3n) is 4.74. The van der Waals surface area contributed by atoms with Gasteiger partial charge in [-0.2, -0.15) is 5.10 Å². The molecule has 0 aromatic carbocycles. The van der Waals surface area contributed by atoms with E-state index in [0.717, 1.165) is 56.3 Å². The maximum absolute atomic E-state index is 12.4. The Labute approximate surface area is 141 Å². The Hall–Kier alpha value is -2.18. The highest BCUT2D eigenvalue weighted by Gasteiger charge is 2.22. The van der Waals surface area contributed by atoms with Gasteiger partial charge in [0.05, 0.1) is 0 Å². The minimum Gasteiger partial charge on any atom is -0.352 e. The smallest absolute Gasteiger partial charge is 0.274 e. The summed E-state index contributed by atoms with van der Waals surface area (Å²) >= 11 is 0. The van der Waals surface area contributed by atoms with E-state index in [1.807, 2.05) is 0 Å². The highest BCUT2D eigenvalue weighted by molar-refractivity contribution is 5.92. The molecule has 2 heterocycles. The summed E-state index contributed by atoms with van der Waals surface area (Å²) in [5.41, 5.74) is -0.145. The van der Waals surface area contributed by atoms with Gasteiger partial charge in [0.15, 0.2) is 0 Å². The minimum absolute atomic E-state index is 0.142. The topological polar surface area (TPSA) is 84.3 Å². The van der Waals surface area contributed by atoms with Gasteiger partial charge in [-0.15, -0.1) is 0 Å². The zero-order chi connectivity index (χ0) is 16.9. The summed E-state index contributed by atoms with van der Waals surface area (Å²) < 4.78 is 1.08. The Morgan fingerprint density at radius 3 is 2.50 bits per heavy atom. The maximum Gasteiger partial charge on any atom is 0.274 e. The van der Waals surface area contributed by atoms with E-state index in [0.29, 0.717) is 0 Å². The first-order valence-corrected chi connectivity index (χ1v) is 8.80. The molecule has 1 saturated carbocycles. The van der Waals surface area contributed by atoms with E-state index in [2.05, 4.69) is 10.4 Å². The lowest BCUT2D eigenvalue weighted by molar-refractivity contribution is -0.122. The van der Waals surface area contributed by atoms with E-state index in [4.69, 9.17) is 0 Å². The van der Waals surface area contributed by atoms with E-state index < -0.39 is 0 Å². The second-order valence-electron chi connectivity index (χ2n) is 6.62. The van der Waals surface area contributed by atoms with Crippen LogP contribution in [0.2, 0.25) is 0 Å². The number of hydrogen-bond acceptors (Lipinski definition) is 4. The Morgan fingerprint density at radius 2 is 1.79 bits per heavy atom. The number of likely N-dealkylation sites (tertiary alicyclic amines) is 1. The number of hydrogen-bond donors (Lipinski definition) is 1. The molecule has 0 atom stereocenters. The molecule has 2 amide bonds. The largest absolute Gasteiger partial charge is 0.352 e. The molecule has 7 heteroatoms. The molecule has 0 radical (unpaired) electrons. The molecule has 1 aliphatic carbocycles. The Morgan fingerprint density at radius 1 is 1.08 bits per heavy atom. The number of aromatic nitrogens is 2. The number of nitrogens with zero attached hydrogens (tertiary/aromatic N) is 3. The van der Waals surface area contributed by atoms with E-state index in [-0.39, 0.29) is 35.7 Å². The van der Waals surface area contributed by atoms with Crippen LogP contribution in [0.15, 0.2) is 16.9 Å². The lowest BCUT2D eigenvalue weighted by Crippen LogP contribution is -2.41. The van der Waals surface area contributed by atoms with Crippen LogP contribution < -0.4 is 10.9 Å². The maximum atomic E-state index is 12.4. The number of amides is 2. The summed E-state index contributed by atoms with van der Waals surface area (Å²) in [7, 11) is 0. The van der Waals surface area contributed by atoms with Crippen LogP contribution in [0.4, 0.5) is 0 Å². The fraction of sp³-hybridized carbons (Fsp3) is 0.647. The first-order valence-electron chi connectivity index (χ1n) is 8.80. The molecule has 24 heavy (non-hydrogen) atoms. The molecule has 7 nitrogen and oxygen atoms in total. The fourth-order valence-corrected chi connectivity index (χ4v) is 3.41. The van der Waals surface area contributed by atoms with Crippen LogP contribution in [0.25, 0.3) is 0 Å². The van der Waals surface area contributed by atoms with Gasteiger partial charge in [0.1, 0.15) is 12.2 Å². The minimum atomic E-state index is -0.369. The van der Waals surface area contributed by atoms with Crippen LogP contribution in [-0.2, 0) is 11.3 Å². The predicted octanol–water partition coefficient (Wildman–Crippen LogP) is 0.928. The van der Waals surface area contributed by atoms with Crippen LogP contribution in [0.5, 0.6) is 0 Å². The van der Waals surface area contributed by atoms with E-state index in [1.165, 1.54) is 18.6 Å². The molecule has 2 fully saturated rings. The zero-order valence-corrected chi connectivity index (χ0v) is 13.9. The molecule has 0 spiro atoms. The monoisotopic (exact) mass is 332 g/mol. The first-order chi connectivity index (χ1) is 11.6. The molecule has 1 saturated heterocycles. The van der Waals surface area contributed by atoms with Crippen molar-refractivity contribution in [2.75, 3.05) is 13.1 Å². The molecule has 2 aliphatic rings. The number of carbonyl (C=O) groups is 2. The molecule has 3 rings (SSSR count). The van der Waals surface area contributed by atoms with Gasteiger partial charge in [-0.25, -0.2) is 4.68 Å². The molecular weight excluding hydrogens is 308 g/mol. The van der Waals surface area contributed by atoms with Gasteiger partial charge in [0, 0.05) is 25.2 Å². The van der Waals surface area contributed by atoms with Crippen molar-refractivity contribution in [1.29, 1.82) is 0 Å². The summed E-state index contributed by atoms with van der Waals surface area (Å²) in [6.07, 6.45) is 7.44. The molecule has 1 aliphatic heterocycles. The summed E-state index contributed by atoms with van der Waals surface area (Å²) in [6.45, 7) is 1.31. The van der Waals surface area contributed by atoms with E-state index >= 15 is 0 Å². The summed E-state index contributed by atoms with van der Waals surface area (Å²) in [6, 6.07) is 2.94. The summed E-state index contributed by atoms with van der Waals surface area (Å²) in [4.78, 5) is 38.2. The van der Waals surface area contributed by atoms with Gasteiger partial charge in [0.2, 0.25) is 5.91 Å². The third kappa shape index (κ3) is 4.01. The Balaban J connectivity index is 1.65. The van der Waals surface area contributed by atoms with Gasteiger partial charge in [0.25, 0.3) is 11.5 Å². The lowest BCUT2D eigenvalue weighted by Gasteiger charge is -2.22. The SMILES string of the molecule is O=C(Cn1nc(C(=O)N2CCCC2)ccc1=O)NC1CCCCC1. The highest BCUT2D eigenvalue weighted by Crippen LogP contribution is 2.17. The molecule has 1 N–H and O–H groups in total. The van der Waals surface area contributed by atoms with Gasteiger partial charge in [-0.3, -0.25) is 14.4 Å². The lowest BCUT2D eigenvalue weighted by atomic mass is 9.95. The molecule has 1 aromatic heterocycles. The molecule has 1 aromatic rings. The number of nitrogens with one attached hydrogen (secondary N) is 1. The predicted molar refractivity (Wildman–Crippen MR) is 88.7 cm³/mol. The van der Waals surface area contributed by atoms with Crippen LogP contribution >= 0.6 is 0 Å². The average molecular weight is 332 g/mol. The van der Waals surface area contributed by atoms with Crippen LogP contribution in [-0.4, -0.2) is 45.6 Å². The van der Waals surface area contributed by atoms with Crippen LogP contribution in [0.3, 0.4) is 0 Å². The van der Waals surface area contributed by atoms with Crippen molar-refractivity contribution in [2.24, 2.45) is 0 Å².